The van der Waals surface area contributed by atoms with Crippen LogP contribution in [-0.4, -0.2) is 30.8 Å². The highest BCUT2D eigenvalue weighted by Gasteiger charge is 2.35. The van der Waals surface area contributed by atoms with E-state index in [1.165, 1.54) is 16.6 Å². The van der Waals surface area contributed by atoms with Gasteiger partial charge in [0.2, 0.25) is 10.0 Å². The van der Waals surface area contributed by atoms with E-state index in [9.17, 15) is 8.42 Å². The molecular formula is C9H13ClN4O2S. The maximum atomic E-state index is 12.1. The van der Waals surface area contributed by atoms with Crippen molar-refractivity contribution >= 4 is 27.4 Å². The molecule has 0 radical (unpaired) electrons. The molecule has 1 aromatic heterocycles. The van der Waals surface area contributed by atoms with Gasteiger partial charge in [0.15, 0.2) is 5.82 Å². The molecule has 1 aliphatic carbocycles. The van der Waals surface area contributed by atoms with Crippen LogP contribution in [0.1, 0.15) is 12.8 Å². The molecular weight excluding hydrogens is 264 g/mol. The Morgan fingerprint density at radius 3 is 2.71 bits per heavy atom. The average Bonchev–Trinajstić information content (AvgIpc) is 3.11. The van der Waals surface area contributed by atoms with Crippen LogP contribution in [0.5, 0.6) is 0 Å². The zero-order chi connectivity index (χ0) is 12.6. The molecule has 0 spiro atoms. The van der Waals surface area contributed by atoms with E-state index in [2.05, 4.69) is 10.4 Å². The lowest BCUT2D eigenvalue weighted by molar-refractivity contribution is 0.464. The minimum Gasteiger partial charge on any atom is -0.307 e. The lowest BCUT2D eigenvalue weighted by Gasteiger charge is -2.16. The van der Waals surface area contributed by atoms with Crippen molar-refractivity contribution < 1.29 is 8.42 Å². The monoisotopic (exact) mass is 276 g/mol. The van der Waals surface area contributed by atoms with E-state index in [1.54, 1.807) is 7.05 Å². The van der Waals surface area contributed by atoms with Crippen LogP contribution < -0.4 is 11.3 Å². The highest BCUT2D eigenvalue weighted by atomic mass is 35.5. The Balaban J connectivity index is 2.36. The summed E-state index contributed by atoms with van der Waals surface area (Å²) in [5.74, 6) is 5.42. The maximum absolute atomic E-state index is 12.1. The van der Waals surface area contributed by atoms with Crippen molar-refractivity contribution in [1.82, 2.24) is 9.29 Å². The Hall–Kier alpha value is -0.890. The Morgan fingerprint density at radius 2 is 2.24 bits per heavy atom. The molecule has 94 valence electrons. The number of hydrogen-bond donors (Lipinski definition) is 2. The first-order valence-corrected chi connectivity index (χ1v) is 6.89. The summed E-state index contributed by atoms with van der Waals surface area (Å²) in [4.78, 5) is 3.93. The Bertz CT molecular complexity index is 530. The van der Waals surface area contributed by atoms with Gasteiger partial charge < -0.3 is 5.43 Å². The van der Waals surface area contributed by atoms with Crippen LogP contribution >= 0.6 is 11.6 Å². The van der Waals surface area contributed by atoms with Crippen LogP contribution in [0, 0.1) is 0 Å². The fourth-order valence-corrected chi connectivity index (χ4v) is 3.14. The Labute approximate surface area is 105 Å². The molecule has 1 fully saturated rings. The van der Waals surface area contributed by atoms with E-state index in [4.69, 9.17) is 17.4 Å². The smallest absolute Gasteiger partial charge is 0.244 e. The Morgan fingerprint density at radius 1 is 1.59 bits per heavy atom. The second-order valence-electron chi connectivity index (χ2n) is 3.90. The predicted molar refractivity (Wildman–Crippen MR) is 65.0 cm³/mol. The number of nitrogens with one attached hydrogen (secondary N) is 1. The maximum Gasteiger partial charge on any atom is 0.244 e. The van der Waals surface area contributed by atoms with Crippen molar-refractivity contribution in [2.75, 3.05) is 12.5 Å². The standard InChI is InChI=1S/C9H13ClN4O2S/c1-14(6-2-3-6)17(15,16)7-4-8(10)9(13-11)12-5-7/h4-6H,2-3,11H2,1H3,(H,12,13). The van der Waals surface area contributed by atoms with Crippen molar-refractivity contribution in [3.05, 3.63) is 17.3 Å². The molecule has 1 aromatic rings. The third-order valence-corrected chi connectivity index (χ3v) is 4.85. The summed E-state index contributed by atoms with van der Waals surface area (Å²) in [6, 6.07) is 1.45. The van der Waals surface area contributed by atoms with Crippen molar-refractivity contribution in [3.8, 4) is 0 Å². The number of sulfonamides is 1. The van der Waals surface area contributed by atoms with E-state index < -0.39 is 10.0 Å². The first-order chi connectivity index (χ1) is 7.96. The van der Waals surface area contributed by atoms with E-state index in [-0.39, 0.29) is 21.8 Å². The number of anilines is 1. The van der Waals surface area contributed by atoms with Crippen molar-refractivity contribution in [2.45, 2.75) is 23.8 Å². The molecule has 6 nitrogen and oxygen atoms in total. The van der Waals surface area contributed by atoms with Gasteiger partial charge in [0.25, 0.3) is 0 Å². The highest BCUT2D eigenvalue weighted by Crippen LogP contribution is 2.31. The van der Waals surface area contributed by atoms with E-state index >= 15 is 0 Å². The molecule has 8 heteroatoms. The first kappa shape index (κ1) is 12.6. The van der Waals surface area contributed by atoms with Gasteiger partial charge >= 0.3 is 0 Å². The SMILES string of the molecule is CN(C1CC1)S(=O)(=O)c1cnc(NN)c(Cl)c1. The molecule has 3 N–H and O–H groups in total. The minimum absolute atomic E-state index is 0.0795. The minimum atomic E-state index is -3.51. The van der Waals surface area contributed by atoms with Crippen LogP contribution in [0.15, 0.2) is 17.2 Å². The van der Waals surface area contributed by atoms with Crippen molar-refractivity contribution in [1.29, 1.82) is 0 Å². The quantitative estimate of drug-likeness (QED) is 0.627. The van der Waals surface area contributed by atoms with Gasteiger partial charge in [-0.15, -0.1) is 0 Å². The van der Waals surface area contributed by atoms with E-state index in [0.29, 0.717) is 0 Å². The van der Waals surface area contributed by atoms with Gasteiger partial charge in [0.05, 0.1) is 5.02 Å². The molecule has 0 saturated heterocycles. The molecule has 2 rings (SSSR count). The predicted octanol–water partition coefficient (Wildman–Crippen LogP) is 0.804. The summed E-state index contributed by atoms with van der Waals surface area (Å²) >= 11 is 5.85. The third kappa shape index (κ3) is 2.37. The lowest BCUT2D eigenvalue weighted by Crippen LogP contribution is -2.29. The number of nitrogens with zero attached hydrogens (tertiary/aromatic N) is 2. The van der Waals surface area contributed by atoms with Gasteiger partial charge in [-0.1, -0.05) is 11.6 Å². The summed E-state index contributed by atoms with van der Waals surface area (Å²) in [5, 5.41) is 0.178. The molecule has 0 unspecified atom stereocenters. The van der Waals surface area contributed by atoms with Gasteiger partial charge in [-0.3, -0.25) is 0 Å². The van der Waals surface area contributed by atoms with E-state index in [0.717, 1.165) is 12.8 Å². The lowest BCUT2D eigenvalue weighted by atomic mass is 10.5. The fraction of sp³-hybridized carbons (Fsp3) is 0.444. The zero-order valence-electron chi connectivity index (χ0n) is 9.22. The number of pyridine rings is 1. The summed E-state index contributed by atoms with van der Waals surface area (Å²) in [6.07, 6.45) is 3.05. The number of nitrogen functional groups attached to an aromatic ring is 1. The summed E-state index contributed by atoms with van der Waals surface area (Å²) < 4.78 is 25.6. The van der Waals surface area contributed by atoms with Crippen LogP contribution in [0.25, 0.3) is 0 Å². The summed E-state index contributed by atoms with van der Waals surface area (Å²) in [7, 11) is -1.94. The third-order valence-electron chi connectivity index (χ3n) is 2.69. The Kier molecular flexibility index (Phi) is 3.26. The summed E-state index contributed by atoms with van der Waals surface area (Å²) in [6.45, 7) is 0. The number of hydrogen-bond acceptors (Lipinski definition) is 5. The average molecular weight is 277 g/mol. The molecule has 0 bridgehead atoms. The number of rotatable bonds is 4. The highest BCUT2D eigenvalue weighted by molar-refractivity contribution is 7.89. The molecule has 0 aromatic carbocycles. The van der Waals surface area contributed by atoms with Gasteiger partial charge in [-0.2, -0.15) is 4.31 Å². The molecule has 1 aliphatic rings. The van der Waals surface area contributed by atoms with Gasteiger partial charge in [-0.25, -0.2) is 19.2 Å². The largest absolute Gasteiger partial charge is 0.307 e. The molecule has 0 aliphatic heterocycles. The second kappa shape index (κ2) is 4.41. The van der Waals surface area contributed by atoms with Crippen molar-refractivity contribution in [3.63, 3.8) is 0 Å². The van der Waals surface area contributed by atoms with Crippen LogP contribution in [0.4, 0.5) is 5.82 Å². The molecule has 1 heterocycles. The number of halogens is 1. The van der Waals surface area contributed by atoms with Crippen LogP contribution in [-0.2, 0) is 10.0 Å². The normalized spacial score (nSPS) is 16.2. The van der Waals surface area contributed by atoms with Gasteiger partial charge in [0, 0.05) is 19.3 Å². The number of hydrazine groups is 1. The summed E-state index contributed by atoms with van der Waals surface area (Å²) in [5.41, 5.74) is 2.29. The molecule has 0 amide bonds. The molecule has 17 heavy (non-hydrogen) atoms. The van der Waals surface area contributed by atoms with Crippen molar-refractivity contribution in [2.24, 2.45) is 5.84 Å². The molecule has 1 saturated carbocycles. The first-order valence-electron chi connectivity index (χ1n) is 5.07. The zero-order valence-corrected chi connectivity index (χ0v) is 10.8. The van der Waals surface area contributed by atoms with Gasteiger partial charge in [0.1, 0.15) is 4.90 Å². The number of aromatic nitrogens is 1. The van der Waals surface area contributed by atoms with Gasteiger partial charge in [-0.05, 0) is 18.9 Å². The topological polar surface area (TPSA) is 88.3 Å². The van der Waals surface area contributed by atoms with Crippen LogP contribution in [0.3, 0.4) is 0 Å². The number of nitrogens with two attached hydrogens (primary N) is 1. The second-order valence-corrected chi connectivity index (χ2v) is 6.30. The fourth-order valence-electron chi connectivity index (χ4n) is 1.47. The molecule has 0 atom stereocenters. The van der Waals surface area contributed by atoms with E-state index in [1.807, 2.05) is 0 Å². The van der Waals surface area contributed by atoms with Crippen LogP contribution in [0.2, 0.25) is 5.02 Å².